The van der Waals surface area contributed by atoms with Crippen molar-refractivity contribution in [1.29, 1.82) is 0 Å². The average Bonchev–Trinajstić information content (AvgIpc) is 1.97. The molecule has 0 aliphatic carbocycles. The van der Waals surface area contributed by atoms with Crippen molar-refractivity contribution in [1.82, 2.24) is 0 Å². The van der Waals surface area contributed by atoms with Gasteiger partial charge < -0.3 is 4.74 Å². The van der Waals surface area contributed by atoms with Gasteiger partial charge in [-0.3, -0.25) is 0 Å². The second kappa shape index (κ2) is 6.16. The molecular weight excluding hydrogens is 208 g/mol. The van der Waals surface area contributed by atoms with Crippen LogP contribution in [0.5, 0.6) is 0 Å². The monoisotopic (exact) mass is 218 g/mol. The Kier molecular flexibility index (Phi) is 5.84. The zero-order chi connectivity index (χ0) is 8.69. The Morgan fingerprint density at radius 2 is 2.45 bits per heavy atom. The number of esters is 1. The van der Waals surface area contributed by atoms with Gasteiger partial charge in [0.2, 0.25) is 0 Å². The molecule has 1 unspecified atom stereocenters. The van der Waals surface area contributed by atoms with Crippen LogP contribution in [0.3, 0.4) is 0 Å². The Labute approximate surface area is 75.1 Å². The summed E-state index contributed by atoms with van der Waals surface area (Å²) in [6, 6.07) is 0. The molecule has 0 saturated carbocycles. The van der Waals surface area contributed by atoms with Crippen LogP contribution in [0.25, 0.3) is 0 Å². The zero-order valence-corrected chi connectivity index (χ0v) is 8.00. The number of halogens is 1. The number of ether oxygens (including phenoxy) is 1. The SMILES string of the molecule is C=CCOC(=O)/C=C/C(C)Br. The van der Waals surface area contributed by atoms with Gasteiger partial charge in [0.1, 0.15) is 6.61 Å². The summed E-state index contributed by atoms with van der Waals surface area (Å²) >= 11 is 3.26. The maximum Gasteiger partial charge on any atom is 0.330 e. The maximum atomic E-state index is 10.7. The highest BCUT2D eigenvalue weighted by atomic mass is 79.9. The zero-order valence-electron chi connectivity index (χ0n) is 6.42. The first-order chi connectivity index (χ1) is 5.16. The van der Waals surface area contributed by atoms with E-state index in [1.807, 2.05) is 6.92 Å². The first kappa shape index (κ1) is 10.4. The molecule has 0 fully saturated rings. The van der Waals surface area contributed by atoms with Gasteiger partial charge in [-0.25, -0.2) is 4.79 Å². The van der Waals surface area contributed by atoms with Crippen LogP contribution in [0.4, 0.5) is 0 Å². The number of carbonyl (C=O) groups is 1. The summed E-state index contributed by atoms with van der Waals surface area (Å²) in [6.45, 7) is 5.59. The van der Waals surface area contributed by atoms with E-state index in [0.29, 0.717) is 0 Å². The van der Waals surface area contributed by atoms with Crippen LogP contribution in [-0.4, -0.2) is 17.4 Å². The molecule has 2 nitrogen and oxygen atoms in total. The lowest BCUT2D eigenvalue weighted by Crippen LogP contribution is -2.00. The highest BCUT2D eigenvalue weighted by Gasteiger charge is 1.94. The Morgan fingerprint density at radius 3 is 2.91 bits per heavy atom. The highest BCUT2D eigenvalue weighted by Crippen LogP contribution is 1.98. The van der Waals surface area contributed by atoms with Gasteiger partial charge in [-0.15, -0.1) is 0 Å². The lowest BCUT2D eigenvalue weighted by atomic mass is 10.4. The number of hydrogen-bond donors (Lipinski definition) is 0. The molecule has 62 valence electrons. The summed E-state index contributed by atoms with van der Waals surface area (Å²) in [5.74, 6) is -0.337. The molecule has 0 radical (unpaired) electrons. The summed E-state index contributed by atoms with van der Waals surface area (Å²) in [6.07, 6.45) is 4.64. The lowest BCUT2D eigenvalue weighted by molar-refractivity contribution is -0.136. The first-order valence-electron chi connectivity index (χ1n) is 3.26. The molecule has 11 heavy (non-hydrogen) atoms. The Hall–Kier alpha value is -0.570. The van der Waals surface area contributed by atoms with Crippen molar-refractivity contribution in [3.8, 4) is 0 Å². The molecule has 0 N–H and O–H groups in total. The van der Waals surface area contributed by atoms with E-state index in [1.54, 1.807) is 6.08 Å². The van der Waals surface area contributed by atoms with Gasteiger partial charge in [0.15, 0.2) is 0 Å². The third kappa shape index (κ3) is 7.33. The molecule has 3 heteroatoms. The fourth-order valence-electron chi connectivity index (χ4n) is 0.400. The van der Waals surface area contributed by atoms with E-state index in [1.165, 1.54) is 12.2 Å². The van der Waals surface area contributed by atoms with E-state index in [4.69, 9.17) is 0 Å². The van der Waals surface area contributed by atoms with Crippen LogP contribution >= 0.6 is 15.9 Å². The van der Waals surface area contributed by atoms with Crippen LogP contribution in [0.2, 0.25) is 0 Å². The molecule has 0 aromatic rings. The van der Waals surface area contributed by atoms with Crippen molar-refractivity contribution in [3.05, 3.63) is 24.8 Å². The number of alkyl halides is 1. The number of rotatable bonds is 4. The minimum absolute atomic E-state index is 0.193. The first-order valence-corrected chi connectivity index (χ1v) is 4.18. The summed E-state index contributed by atoms with van der Waals surface area (Å²) in [5, 5.41) is 0. The Balaban J connectivity index is 3.59. The van der Waals surface area contributed by atoms with Gasteiger partial charge in [-0.05, 0) is 6.92 Å². The van der Waals surface area contributed by atoms with E-state index >= 15 is 0 Å². The molecule has 0 aromatic carbocycles. The fraction of sp³-hybridized carbons (Fsp3) is 0.375. The predicted octanol–water partition coefficient (Wildman–Crippen LogP) is 2.06. The van der Waals surface area contributed by atoms with E-state index in [9.17, 15) is 4.79 Å². The summed E-state index contributed by atoms with van der Waals surface area (Å²) in [7, 11) is 0. The minimum Gasteiger partial charge on any atom is -0.458 e. The van der Waals surface area contributed by atoms with Crippen molar-refractivity contribution in [2.75, 3.05) is 6.61 Å². The third-order valence-electron chi connectivity index (χ3n) is 0.841. The topological polar surface area (TPSA) is 26.3 Å². The molecule has 0 saturated heterocycles. The molecule has 0 rings (SSSR count). The predicted molar refractivity (Wildman–Crippen MR) is 48.7 cm³/mol. The van der Waals surface area contributed by atoms with Crippen LogP contribution in [0.15, 0.2) is 24.8 Å². The maximum absolute atomic E-state index is 10.7. The van der Waals surface area contributed by atoms with Crippen LogP contribution in [0.1, 0.15) is 6.92 Å². The Morgan fingerprint density at radius 1 is 1.82 bits per heavy atom. The van der Waals surface area contributed by atoms with Crippen molar-refractivity contribution in [2.24, 2.45) is 0 Å². The van der Waals surface area contributed by atoms with Gasteiger partial charge >= 0.3 is 5.97 Å². The van der Waals surface area contributed by atoms with Gasteiger partial charge in [-0.2, -0.15) is 0 Å². The molecule has 0 aromatic heterocycles. The van der Waals surface area contributed by atoms with E-state index < -0.39 is 0 Å². The van der Waals surface area contributed by atoms with Crippen molar-refractivity contribution in [3.63, 3.8) is 0 Å². The Bertz CT molecular complexity index is 161. The molecule has 0 amide bonds. The standard InChI is InChI=1S/C8H11BrO2/c1-3-6-11-8(10)5-4-7(2)9/h3-5,7H,1,6H2,2H3/b5-4+. The number of carbonyl (C=O) groups excluding carboxylic acids is 1. The van der Waals surface area contributed by atoms with Gasteiger partial charge in [-0.1, -0.05) is 34.7 Å². The quantitative estimate of drug-likeness (QED) is 0.313. The summed E-state index contributed by atoms with van der Waals surface area (Å²) in [4.78, 5) is 10.9. The second-order valence-electron chi connectivity index (χ2n) is 1.96. The third-order valence-corrected chi connectivity index (χ3v) is 1.15. The van der Waals surface area contributed by atoms with Gasteiger partial charge in [0.25, 0.3) is 0 Å². The van der Waals surface area contributed by atoms with Crippen molar-refractivity contribution < 1.29 is 9.53 Å². The molecule has 1 atom stereocenters. The van der Waals surface area contributed by atoms with Gasteiger partial charge in [0, 0.05) is 10.9 Å². The highest BCUT2D eigenvalue weighted by molar-refractivity contribution is 9.09. The van der Waals surface area contributed by atoms with Gasteiger partial charge in [0.05, 0.1) is 0 Å². The normalized spacial score (nSPS) is 12.9. The fourth-order valence-corrected chi connectivity index (χ4v) is 0.553. The summed E-state index contributed by atoms with van der Waals surface area (Å²) < 4.78 is 4.68. The van der Waals surface area contributed by atoms with Crippen molar-refractivity contribution >= 4 is 21.9 Å². The minimum atomic E-state index is -0.337. The van der Waals surface area contributed by atoms with E-state index in [0.717, 1.165) is 0 Å². The second-order valence-corrected chi connectivity index (χ2v) is 3.40. The van der Waals surface area contributed by atoms with E-state index in [2.05, 4.69) is 27.2 Å². The average molecular weight is 219 g/mol. The van der Waals surface area contributed by atoms with Crippen LogP contribution in [-0.2, 0) is 9.53 Å². The smallest absolute Gasteiger partial charge is 0.330 e. The lowest BCUT2D eigenvalue weighted by Gasteiger charge is -1.95. The molecule has 0 aliphatic heterocycles. The molecule has 0 aliphatic rings. The summed E-state index contributed by atoms with van der Waals surface area (Å²) in [5.41, 5.74) is 0. The molecule has 0 bridgehead atoms. The van der Waals surface area contributed by atoms with Crippen LogP contribution in [0, 0.1) is 0 Å². The number of hydrogen-bond acceptors (Lipinski definition) is 2. The molecular formula is C8H11BrO2. The van der Waals surface area contributed by atoms with Crippen LogP contribution < -0.4 is 0 Å². The largest absolute Gasteiger partial charge is 0.458 e. The molecule has 0 heterocycles. The number of allylic oxidation sites excluding steroid dienone is 1. The molecule has 0 spiro atoms. The van der Waals surface area contributed by atoms with Crippen molar-refractivity contribution in [2.45, 2.75) is 11.8 Å². The van der Waals surface area contributed by atoms with E-state index in [-0.39, 0.29) is 17.4 Å².